The van der Waals surface area contributed by atoms with E-state index in [1.165, 1.54) is 6.08 Å². The Morgan fingerprint density at radius 3 is 3.00 bits per heavy atom. The van der Waals surface area contributed by atoms with Gasteiger partial charge in [-0.15, -0.1) is 0 Å². The quantitative estimate of drug-likeness (QED) is 0.470. The molecule has 2 amide bonds. The number of rotatable bonds is 3. The normalized spacial score (nSPS) is 18.5. The molecule has 3 N–H and O–H groups in total. The molecule has 0 saturated heterocycles. The number of fused-ring (bicyclic) bond motifs is 1. The minimum atomic E-state index is -0.512. The van der Waals surface area contributed by atoms with Crippen LogP contribution in [0.5, 0.6) is 5.75 Å². The fraction of sp³-hybridized carbons (Fsp3) is 0.231. The molecule has 1 atom stereocenters. The van der Waals surface area contributed by atoms with Crippen molar-refractivity contribution in [2.75, 3.05) is 18.6 Å². The summed E-state index contributed by atoms with van der Waals surface area (Å²) in [5, 5.41) is 0. The number of nitrogens with zero attached hydrogens (tertiary/aromatic N) is 1. The number of nitrogens with two attached hydrogens (primary N) is 1. The van der Waals surface area contributed by atoms with E-state index in [4.69, 9.17) is 10.5 Å². The van der Waals surface area contributed by atoms with Crippen LogP contribution in [0.4, 0.5) is 5.69 Å². The summed E-state index contributed by atoms with van der Waals surface area (Å²) >= 11 is 0.515. The van der Waals surface area contributed by atoms with E-state index in [0.29, 0.717) is 44.1 Å². The van der Waals surface area contributed by atoms with E-state index in [1.54, 1.807) is 30.2 Å². The van der Waals surface area contributed by atoms with Crippen molar-refractivity contribution in [3.05, 3.63) is 29.8 Å². The number of primary amides is 1. The summed E-state index contributed by atoms with van der Waals surface area (Å²) in [6, 6.07) is 5.09. The molecule has 102 valence electrons. The molecule has 1 heterocycles. The van der Waals surface area contributed by atoms with Crippen LogP contribution in [0.2, 0.25) is 0 Å². The van der Waals surface area contributed by atoms with E-state index in [-0.39, 0.29) is 11.9 Å². The topological polar surface area (TPSA) is 84.7 Å². The summed E-state index contributed by atoms with van der Waals surface area (Å²) in [4.78, 5) is 24.6. The molecule has 0 unspecified atom stereocenters. The summed E-state index contributed by atoms with van der Waals surface area (Å²) in [6.45, 7) is 0.323. The molecule has 1 aromatic carbocycles. The maximum atomic E-state index is 12.2. The van der Waals surface area contributed by atoms with Gasteiger partial charge in [0.2, 0.25) is 0 Å². The molecule has 0 bridgehead atoms. The van der Waals surface area contributed by atoms with Crippen LogP contribution < -0.4 is 18.5 Å². The first kappa shape index (κ1) is 15.0. The van der Waals surface area contributed by atoms with Crippen LogP contribution >= 0.6 is 0 Å². The van der Waals surface area contributed by atoms with Crippen LogP contribution in [0, 0.1) is 0 Å². The molecule has 1 aliphatic heterocycles. The first-order chi connectivity index (χ1) is 9.52. The summed E-state index contributed by atoms with van der Waals surface area (Å²) in [5.74, 6) is 0.115. The van der Waals surface area contributed by atoms with Crippen LogP contribution in [0.25, 0.3) is 6.08 Å². The zero-order valence-corrected chi connectivity index (χ0v) is 15.5. The third-order valence-corrected chi connectivity index (χ3v) is 4.58. The Kier molecular flexibility index (Phi) is 4.76. The standard InChI is InChI=1S/C13H14N3O3.Tl/c1-16-10-6-8(3-5-12(15)17)2-4-11(10)19-7-9(14)13(16)18;/h2-6,9,14H,7H2,1H3,(H2,15,17);/q-1;+1/b5-3+;/t9-;/m0./s1. The first-order valence-electron chi connectivity index (χ1n) is 6.01. The number of nitrogens with one attached hydrogen (secondary N) is 1. The zero-order valence-electron chi connectivity index (χ0n) is 11.0. The number of amides is 2. The van der Waals surface area contributed by atoms with E-state index >= 15 is 0 Å². The predicted molar refractivity (Wildman–Crippen MR) is 76.3 cm³/mol. The van der Waals surface area contributed by atoms with Crippen LogP contribution in [-0.4, -0.2) is 57.6 Å². The molecule has 0 radical (unpaired) electrons. The second-order valence-electron chi connectivity index (χ2n) is 4.39. The summed E-state index contributed by atoms with van der Waals surface area (Å²) < 4.78 is 8.75. The molecule has 6 nitrogen and oxygen atoms in total. The Labute approximate surface area is 133 Å². The second-order valence-corrected chi connectivity index (χ2v) is 5.69. The predicted octanol–water partition coefficient (Wildman–Crippen LogP) is -0.418. The molecule has 7 heteroatoms. The molecule has 0 aromatic heterocycles. The summed E-state index contributed by atoms with van der Waals surface area (Å²) in [5.41, 5.74) is 6.54. The average molecular weight is 465 g/mol. The number of carbonyl (C=O) groups excluding carboxylic acids is 2. The Bertz CT molecular complexity index is 574. The van der Waals surface area contributed by atoms with Gasteiger partial charge in [0.25, 0.3) is 0 Å². The van der Waals surface area contributed by atoms with E-state index in [1.807, 2.05) is 6.07 Å². The molecule has 0 aliphatic carbocycles. The van der Waals surface area contributed by atoms with Gasteiger partial charge in [-0.3, -0.25) is 0 Å². The summed E-state index contributed by atoms with van der Waals surface area (Å²) in [7, 11) is 1.71. The number of carbonyl (C=O) groups is 2. The van der Waals surface area contributed by atoms with Gasteiger partial charge in [0, 0.05) is 0 Å². The second kappa shape index (κ2) is 6.35. The van der Waals surface area contributed by atoms with Crippen molar-refractivity contribution in [3.8, 4) is 5.75 Å². The van der Waals surface area contributed by atoms with Crippen molar-refractivity contribution in [1.82, 2.24) is 3.13 Å². The van der Waals surface area contributed by atoms with Gasteiger partial charge in [-0.05, 0) is 0 Å². The molecular weight excluding hydrogens is 451 g/mol. The van der Waals surface area contributed by atoms with Gasteiger partial charge in [0.1, 0.15) is 0 Å². The van der Waals surface area contributed by atoms with Crippen molar-refractivity contribution in [2.45, 2.75) is 6.04 Å². The van der Waals surface area contributed by atoms with Gasteiger partial charge in [0.15, 0.2) is 0 Å². The third-order valence-electron chi connectivity index (χ3n) is 3.02. The molecule has 0 saturated carbocycles. The number of hydrogen-bond acceptors (Lipinski definition) is 4. The fourth-order valence-corrected chi connectivity index (χ4v) is 2.85. The first-order valence-corrected chi connectivity index (χ1v) is 8.25. The molecule has 0 fully saturated rings. The molecule has 1 aromatic rings. The van der Waals surface area contributed by atoms with E-state index in [9.17, 15) is 9.59 Å². The zero-order chi connectivity index (χ0) is 14.7. The van der Waals surface area contributed by atoms with Crippen molar-refractivity contribution >= 4 is 49.6 Å². The van der Waals surface area contributed by atoms with Gasteiger partial charge in [0.05, 0.1) is 0 Å². The van der Waals surface area contributed by atoms with E-state index < -0.39 is 5.91 Å². The van der Waals surface area contributed by atoms with Gasteiger partial charge in [-0.1, -0.05) is 0 Å². The number of benzene rings is 1. The molecule has 20 heavy (non-hydrogen) atoms. The number of anilines is 1. The van der Waals surface area contributed by atoms with Crippen molar-refractivity contribution in [2.24, 2.45) is 5.73 Å². The van der Waals surface area contributed by atoms with E-state index in [0.717, 1.165) is 5.56 Å². The molecule has 0 spiro atoms. The van der Waals surface area contributed by atoms with Crippen molar-refractivity contribution in [3.63, 3.8) is 0 Å². The molecule has 1 aliphatic rings. The monoisotopic (exact) mass is 465 g/mol. The number of hydrogen-bond donors (Lipinski definition) is 2. The molecular formula is C13H14N3O3Tl. The number of ether oxygens (including phenoxy) is 1. The van der Waals surface area contributed by atoms with Crippen LogP contribution in [-0.2, 0) is 9.59 Å². The van der Waals surface area contributed by atoms with Crippen LogP contribution in [0.3, 0.4) is 0 Å². The van der Waals surface area contributed by atoms with Crippen LogP contribution in [0.15, 0.2) is 24.3 Å². The molecule has 2 rings (SSSR count). The van der Waals surface area contributed by atoms with Gasteiger partial charge in [-0.2, -0.15) is 0 Å². The van der Waals surface area contributed by atoms with Crippen molar-refractivity contribution in [1.29, 1.82) is 0 Å². The Morgan fingerprint density at radius 2 is 2.35 bits per heavy atom. The Balaban J connectivity index is 2.36. The van der Waals surface area contributed by atoms with E-state index in [2.05, 4.69) is 3.13 Å². The number of likely N-dealkylation sites (N-methyl/N-ethyl adjacent to an activating group) is 1. The van der Waals surface area contributed by atoms with Gasteiger partial charge >= 0.3 is 133 Å². The van der Waals surface area contributed by atoms with Gasteiger partial charge in [-0.25, -0.2) is 0 Å². The SMILES string of the molecule is CN1C(=O)[C@@H]([NH][Tl])COc2ccc(/C=C/C(N)=O)cc21. The fourth-order valence-electron chi connectivity index (χ4n) is 1.92. The Hall–Kier alpha value is -1.42. The van der Waals surface area contributed by atoms with Crippen LogP contribution in [0.1, 0.15) is 5.56 Å². The van der Waals surface area contributed by atoms with Crippen molar-refractivity contribution < 1.29 is 14.3 Å². The summed E-state index contributed by atoms with van der Waals surface area (Å²) in [6.07, 6.45) is 2.89. The average Bonchev–Trinajstić information content (AvgIpc) is 2.55. The maximum absolute atomic E-state index is 12.2. The third kappa shape index (κ3) is 3.18. The minimum absolute atomic E-state index is 0.0257. The Morgan fingerprint density at radius 1 is 1.60 bits per heavy atom. The van der Waals surface area contributed by atoms with Gasteiger partial charge < -0.3 is 0 Å².